The molecule has 2 aliphatic rings. The fourth-order valence-corrected chi connectivity index (χ4v) is 5.36. The molecule has 1 saturated heterocycles. The maximum atomic E-state index is 13.8. The van der Waals surface area contributed by atoms with Gasteiger partial charge in [0.1, 0.15) is 4.88 Å². The van der Waals surface area contributed by atoms with Gasteiger partial charge < -0.3 is 19.6 Å². The van der Waals surface area contributed by atoms with Crippen molar-refractivity contribution in [1.82, 2.24) is 4.90 Å². The minimum absolute atomic E-state index is 0.0302. The molecule has 0 aromatic carbocycles. The summed E-state index contributed by atoms with van der Waals surface area (Å²) in [6, 6.07) is 1.47. The Morgan fingerprint density at radius 3 is 2.39 bits per heavy atom. The summed E-state index contributed by atoms with van der Waals surface area (Å²) in [6.45, 7) is 8.82. The second kappa shape index (κ2) is 10.2. The molecule has 1 atom stereocenters. The number of rotatable bonds is 4. The Morgan fingerprint density at radius 1 is 1.18 bits per heavy atom. The van der Waals surface area contributed by atoms with Crippen LogP contribution in [0, 0.1) is 29.1 Å². The van der Waals surface area contributed by atoms with Gasteiger partial charge in [0, 0.05) is 24.4 Å². The molecule has 0 bridgehead atoms. The molecule has 1 aromatic rings. The average Bonchev–Trinajstić information content (AvgIpc) is 3.40. The van der Waals surface area contributed by atoms with Crippen molar-refractivity contribution >= 4 is 35.0 Å². The highest BCUT2D eigenvalue weighted by Crippen LogP contribution is 2.38. The van der Waals surface area contributed by atoms with Gasteiger partial charge in [0.05, 0.1) is 23.7 Å². The van der Waals surface area contributed by atoms with E-state index in [0.29, 0.717) is 34.3 Å². The van der Waals surface area contributed by atoms with Crippen LogP contribution in [0.5, 0.6) is 0 Å². The summed E-state index contributed by atoms with van der Waals surface area (Å²) in [6.07, 6.45) is 3.13. The summed E-state index contributed by atoms with van der Waals surface area (Å²) in [5.74, 6) is 6.25. The fourth-order valence-electron chi connectivity index (χ4n) is 4.44. The van der Waals surface area contributed by atoms with Gasteiger partial charge in [-0.25, -0.2) is 9.59 Å². The van der Waals surface area contributed by atoms with E-state index in [1.807, 2.05) is 20.8 Å². The van der Waals surface area contributed by atoms with E-state index in [4.69, 9.17) is 4.74 Å². The van der Waals surface area contributed by atoms with Gasteiger partial charge in [-0.1, -0.05) is 18.8 Å². The molecule has 2 fully saturated rings. The van der Waals surface area contributed by atoms with Crippen LogP contribution in [0.1, 0.15) is 74.3 Å². The van der Waals surface area contributed by atoms with E-state index < -0.39 is 12.1 Å². The number of nitrogens with zero attached hydrogens (tertiary/aromatic N) is 2. The first-order valence-corrected chi connectivity index (χ1v) is 12.4. The van der Waals surface area contributed by atoms with Gasteiger partial charge in [-0.3, -0.25) is 4.79 Å². The second-order valence-corrected chi connectivity index (χ2v) is 11.2. The van der Waals surface area contributed by atoms with E-state index in [0.717, 1.165) is 25.7 Å². The minimum atomic E-state index is -0.994. The van der Waals surface area contributed by atoms with E-state index in [2.05, 4.69) is 18.8 Å². The predicted molar refractivity (Wildman–Crippen MR) is 129 cm³/mol. The molecule has 3 rings (SSSR count). The van der Waals surface area contributed by atoms with Gasteiger partial charge in [0.2, 0.25) is 5.91 Å². The first kappa shape index (κ1) is 25.1. The van der Waals surface area contributed by atoms with E-state index in [-0.39, 0.29) is 29.8 Å². The molecule has 1 unspecified atom stereocenters. The molecule has 0 spiro atoms. The summed E-state index contributed by atoms with van der Waals surface area (Å²) in [7, 11) is 1.32. The molecule has 8 heteroatoms. The number of ether oxygens (including phenoxy) is 1. The lowest BCUT2D eigenvalue weighted by Crippen LogP contribution is -2.46. The topological polar surface area (TPSA) is 87.2 Å². The van der Waals surface area contributed by atoms with Gasteiger partial charge in [0.15, 0.2) is 0 Å². The molecule has 1 saturated carbocycles. The van der Waals surface area contributed by atoms with Gasteiger partial charge in [-0.05, 0) is 64.9 Å². The average molecular weight is 475 g/mol. The van der Waals surface area contributed by atoms with Crippen molar-refractivity contribution in [3.63, 3.8) is 0 Å². The highest BCUT2D eigenvalue weighted by molar-refractivity contribution is 7.15. The van der Waals surface area contributed by atoms with Crippen LogP contribution in [-0.2, 0) is 9.53 Å². The SMILES string of the molecule is COC(=O)c1sc(C#CC(C)(C)C)cc1N(C(=O)[C@H]1CC[C@H](C)CC1)C1CCN(C(=O)O)C1. The number of carbonyl (C=O) groups excluding carboxylic acids is 2. The largest absolute Gasteiger partial charge is 0.465 e. The lowest BCUT2D eigenvalue weighted by atomic mass is 9.82. The zero-order valence-electron chi connectivity index (χ0n) is 20.1. The van der Waals surface area contributed by atoms with Gasteiger partial charge in [-0.2, -0.15) is 0 Å². The number of amides is 2. The van der Waals surface area contributed by atoms with Crippen molar-refractivity contribution in [3.8, 4) is 11.8 Å². The van der Waals surface area contributed by atoms with E-state index >= 15 is 0 Å². The molecule has 1 aliphatic carbocycles. The lowest BCUT2D eigenvalue weighted by Gasteiger charge is -2.34. The molecule has 2 amide bonds. The monoisotopic (exact) mass is 474 g/mol. The summed E-state index contributed by atoms with van der Waals surface area (Å²) in [4.78, 5) is 42.1. The van der Waals surface area contributed by atoms with Crippen LogP contribution in [0.25, 0.3) is 0 Å². The molecular weight excluding hydrogens is 440 g/mol. The van der Waals surface area contributed by atoms with Crippen LogP contribution < -0.4 is 4.90 Å². The van der Waals surface area contributed by atoms with Crippen LogP contribution in [0.3, 0.4) is 0 Å². The zero-order valence-corrected chi connectivity index (χ0v) is 21.0. The third-order valence-corrected chi connectivity index (χ3v) is 7.32. The maximum Gasteiger partial charge on any atom is 0.407 e. The summed E-state index contributed by atoms with van der Waals surface area (Å²) >= 11 is 1.22. The third-order valence-electron chi connectivity index (χ3n) is 6.31. The molecule has 1 N–H and O–H groups in total. The lowest BCUT2D eigenvalue weighted by molar-refractivity contribution is -0.124. The number of thiophene rings is 1. The van der Waals surface area contributed by atoms with Crippen LogP contribution in [0.4, 0.5) is 10.5 Å². The highest BCUT2D eigenvalue weighted by atomic mass is 32.1. The number of anilines is 1. The summed E-state index contributed by atoms with van der Waals surface area (Å²) in [5.41, 5.74) is 0.281. The smallest absolute Gasteiger partial charge is 0.407 e. The molecule has 1 aromatic heterocycles. The summed E-state index contributed by atoms with van der Waals surface area (Å²) in [5, 5.41) is 9.46. The standard InChI is InChI=1S/C25H34N2O5S/c1-16-6-8-17(9-7-16)22(28)27(18-11-13-26(15-18)24(30)31)20-14-19(10-12-25(2,3)4)33-21(20)23(29)32-5/h14,16-18H,6-9,11,13,15H2,1-5H3,(H,30,31)/t16-,17-,18?. The molecule has 33 heavy (non-hydrogen) atoms. The van der Waals surface area contributed by atoms with E-state index in [1.54, 1.807) is 11.0 Å². The van der Waals surface area contributed by atoms with Gasteiger partial charge in [-0.15, -0.1) is 11.3 Å². The van der Waals surface area contributed by atoms with Crippen molar-refractivity contribution in [2.24, 2.45) is 17.3 Å². The Balaban J connectivity index is 2.04. The quantitative estimate of drug-likeness (QED) is 0.498. The van der Waals surface area contributed by atoms with Crippen LogP contribution in [0.15, 0.2) is 6.07 Å². The van der Waals surface area contributed by atoms with Crippen molar-refractivity contribution in [2.45, 2.75) is 65.8 Å². The first-order valence-electron chi connectivity index (χ1n) is 11.6. The molecular formula is C25H34N2O5S. The molecule has 180 valence electrons. The number of hydrogen-bond acceptors (Lipinski definition) is 5. The number of carbonyl (C=O) groups is 3. The predicted octanol–water partition coefficient (Wildman–Crippen LogP) is 4.84. The maximum absolute atomic E-state index is 13.8. The Labute approximate surface area is 200 Å². The molecule has 1 aliphatic heterocycles. The van der Waals surface area contributed by atoms with Crippen molar-refractivity contribution in [2.75, 3.05) is 25.1 Å². The van der Waals surface area contributed by atoms with Crippen molar-refractivity contribution < 1.29 is 24.2 Å². The number of hydrogen-bond donors (Lipinski definition) is 1. The fraction of sp³-hybridized carbons (Fsp3) is 0.640. The zero-order chi connectivity index (χ0) is 24.3. The Bertz CT molecular complexity index is 960. The summed E-state index contributed by atoms with van der Waals surface area (Å²) < 4.78 is 5.03. The third kappa shape index (κ3) is 6.08. The van der Waals surface area contributed by atoms with Crippen LogP contribution in [-0.4, -0.2) is 54.2 Å². The normalized spacial score (nSPS) is 22.9. The van der Waals surface area contributed by atoms with Crippen LogP contribution in [0.2, 0.25) is 0 Å². The Hall–Kier alpha value is -2.53. The number of carboxylic acid groups (broad SMARTS) is 1. The van der Waals surface area contributed by atoms with E-state index in [1.165, 1.54) is 23.3 Å². The van der Waals surface area contributed by atoms with Crippen LogP contribution >= 0.6 is 11.3 Å². The second-order valence-electron chi connectivity index (χ2n) is 10.2. The van der Waals surface area contributed by atoms with E-state index in [9.17, 15) is 19.5 Å². The first-order chi connectivity index (χ1) is 15.5. The van der Waals surface area contributed by atoms with Crippen molar-refractivity contribution in [1.29, 1.82) is 0 Å². The van der Waals surface area contributed by atoms with Crippen molar-refractivity contribution in [3.05, 3.63) is 15.8 Å². The molecule has 0 radical (unpaired) electrons. The van der Waals surface area contributed by atoms with Gasteiger partial charge in [0.25, 0.3) is 0 Å². The number of methoxy groups -OCH3 is 1. The highest BCUT2D eigenvalue weighted by Gasteiger charge is 2.39. The Kier molecular flexibility index (Phi) is 7.73. The molecule has 2 heterocycles. The molecule has 7 nitrogen and oxygen atoms in total. The Morgan fingerprint density at radius 2 is 1.85 bits per heavy atom. The number of likely N-dealkylation sites (tertiary alicyclic amines) is 1. The minimum Gasteiger partial charge on any atom is -0.465 e. The number of esters is 1. The van der Waals surface area contributed by atoms with Gasteiger partial charge >= 0.3 is 12.1 Å².